The van der Waals surface area contributed by atoms with Crippen molar-refractivity contribution in [2.45, 2.75) is 12.5 Å². The summed E-state index contributed by atoms with van der Waals surface area (Å²) < 4.78 is 0.890. The summed E-state index contributed by atoms with van der Waals surface area (Å²) in [7, 11) is 0. The SMILES string of the molecule is CC(Nc1cccc(Br)c1)(C(N)=O)c1ccc(Cl)cc1Cl. The lowest BCUT2D eigenvalue weighted by molar-refractivity contribution is -0.122. The van der Waals surface area contributed by atoms with E-state index in [1.54, 1.807) is 25.1 Å². The zero-order valence-electron chi connectivity index (χ0n) is 11.2. The van der Waals surface area contributed by atoms with E-state index in [0.29, 0.717) is 15.6 Å². The molecule has 0 aliphatic rings. The van der Waals surface area contributed by atoms with Crippen LogP contribution in [-0.4, -0.2) is 5.91 Å². The zero-order valence-corrected chi connectivity index (χ0v) is 14.3. The second-order valence-corrected chi connectivity index (χ2v) is 6.51. The minimum atomic E-state index is -1.15. The fourth-order valence-electron chi connectivity index (χ4n) is 2.01. The van der Waals surface area contributed by atoms with Crippen molar-refractivity contribution in [2.24, 2.45) is 5.73 Å². The van der Waals surface area contributed by atoms with Crippen LogP contribution in [0.3, 0.4) is 0 Å². The molecule has 0 heterocycles. The number of rotatable bonds is 4. The molecular formula is C15H13BrCl2N2O. The van der Waals surface area contributed by atoms with Gasteiger partial charge < -0.3 is 11.1 Å². The van der Waals surface area contributed by atoms with E-state index >= 15 is 0 Å². The summed E-state index contributed by atoms with van der Waals surface area (Å²) in [6.45, 7) is 1.69. The predicted molar refractivity (Wildman–Crippen MR) is 90.8 cm³/mol. The molecule has 2 aromatic carbocycles. The molecule has 0 radical (unpaired) electrons. The van der Waals surface area contributed by atoms with Gasteiger partial charge in [0.2, 0.25) is 5.91 Å². The third-order valence-corrected chi connectivity index (χ3v) is 4.22. The van der Waals surface area contributed by atoms with Crippen LogP contribution >= 0.6 is 39.1 Å². The molecule has 0 saturated heterocycles. The average molecular weight is 388 g/mol. The molecule has 6 heteroatoms. The van der Waals surface area contributed by atoms with Crippen LogP contribution in [0.2, 0.25) is 10.0 Å². The van der Waals surface area contributed by atoms with Crippen LogP contribution in [0.5, 0.6) is 0 Å². The highest BCUT2D eigenvalue weighted by Crippen LogP contribution is 2.33. The number of anilines is 1. The van der Waals surface area contributed by atoms with Crippen molar-refractivity contribution in [3.63, 3.8) is 0 Å². The topological polar surface area (TPSA) is 55.1 Å². The molecule has 0 aliphatic heterocycles. The first-order valence-electron chi connectivity index (χ1n) is 6.12. The van der Waals surface area contributed by atoms with Crippen molar-refractivity contribution >= 4 is 50.7 Å². The number of carbonyl (C=O) groups excluding carboxylic acids is 1. The van der Waals surface area contributed by atoms with Gasteiger partial charge in [-0.3, -0.25) is 4.79 Å². The molecule has 3 N–H and O–H groups in total. The van der Waals surface area contributed by atoms with E-state index in [4.69, 9.17) is 28.9 Å². The van der Waals surface area contributed by atoms with E-state index in [0.717, 1.165) is 10.2 Å². The minimum absolute atomic E-state index is 0.381. The maximum atomic E-state index is 12.0. The normalized spacial score (nSPS) is 13.5. The van der Waals surface area contributed by atoms with Gasteiger partial charge >= 0.3 is 0 Å². The van der Waals surface area contributed by atoms with Crippen molar-refractivity contribution in [1.82, 2.24) is 0 Å². The molecule has 1 amide bonds. The smallest absolute Gasteiger partial charge is 0.247 e. The van der Waals surface area contributed by atoms with Crippen LogP contribution < -0.4 is 11.1 Å². The number of amides is 1. The molecule has 0 aliphatic carbocycles. The highest BCUT2D eigenvalue weighted by atomic mass is 79.9. The standard InChI is InChI=1S/C15H13BrCl2N2O/c1-15(14(19)21,12-6-5-10(17)8-13(12)18)20-11-4-2-3-9(16)7-11/h2-8,20H,1H3,(H2,19,21). The van der Waals surface area contributed by atoms with E-state index < -0.39 is 11.4 Å². The van der Waals surface area contributed by atoms with E-state index in [9.17, 15) is 4.79 Å². The van der Waals surface area contributed by atoms with Crippen LogP contribution in [0, 0.1) is 0 Å². The molecule has 0 spiro atoms. The lowest BCUT2D eigenvalue weighted by Gasteiger charge is -2.30. The number of benzene rings is 2. The minimum Gasteiger partial charge on any atom is -0.368 e. The first kappa shape index (κ1) is 16.1. The second-order valence-electron chi connectivity index (χ2n) is 4.75. The van der Waals surface area contributed by atoms with Crippen LogP contribution in [0.4, 0.5) is 5.69 Å². The van der Waals surface area contributed by atoms with Crippen molar-refractivity contribution in [3.8, 4) is 0 Å². The molecule has 0 aromatic heterocycles. The Morgan fingerprint density at radius 1 is 1.24 bits per heavy atom. The maximum absolute atomic E-state index is 12.0. The quantitative estimate of drug-likeness (QED) is 0.807. The molecule has 3 nitrogen and oxygen atoms in total. The number of hydrogen-bond donors (Lipinski definition) is 2. The Labute approximate surface area is 141 Å². The van der Waals surface area contributed by atoms with Crippen molar-refractivity contribution in [1.29, 1.82) is 0 Å². The van der Waals surface area contributed by atoms with Crippen molar-refractivity contribution in [3.05, 3.63) is 62.5 Å². The Morgan fingerprint density at radius 2 is 1.95 bits per heavy atom. The first-order chi connectivity index (χ1) is 9.83. The van der Waals surface area contributed by atoms with Gasteiger partial charge in [0, 0.05) is 25.8 Å². The Morgan fingerprint density at radius 3 is 2.52 bits per heavy atom. The Bertz CT molecular complexity index is 693. The molecule has 1 atom stereocenters. The van der Waals surface area contributed by atoms with Gasteiger partial charge in [-0.1, -0.05) is 51.3 Å². The molecule has 0 saturated carbocycles. The van der Waals surface area contributed by atoms with E-state index in [1.807, 2.05) is 24.3 Å². The molecule has 2 rings (SSSR count). The van der Waals surface area contributed by atoms with Gasteiger partial charge in [0.15, 0.2) is 0 Å². The molecule has 1 unspecified atom stereocenters. The summed E-state index contributed by atoms with van der Waals surface area (Å²) in [5, 5.41) is 4.02. The van der Waals surface area contributed by atoms with Crippen LogP contribution in [0.25, 0.3) is 0 Å². The first-order valence-corrected chi connectivity index (χ1v) is 7.67. The Kier molecular flexibility index (Phi) is 4.81. The summed E-state index contributed by atoms with van der Waals surface area (Å²) in [6.07, 6.45) is 0. The Hall–Kier alpha value is -1.23. The zero-order chi connectivity index (χ0) is 15.6. The fraction of sp³-hybridized carbons (Fsp3) is 0.133. The van der Waals surface area contributed by atoms with Gasteiger partial charge in [-0.25, -0.2) is 0 Å². The molecule has 0 bridgehead atoms. The van der Waals surface area contributed by atoms with E-state index in [-0.39, 0.29) is 0 Å². The van der Waals surface area contributed by atoms with Gasteiger partial charge in [-0.05, 0) is 37.3 Å². The van der Waals surface area contributed by atoms with Gasteiger partial charge in [0.05, 0.1) is 0 Å². The summed E-state index contributed by atoms with van der Waals surface area (Å²) in [5.74, 6) is -0.535. The number of carbonyl (C=O) groups is 1. The molecule has 0 fully saturated rings. The average Bonchev–Trinajstić information content (AvgIpc) is 2.38. The van der Waals surface area contributed by atoms with E-state index in [2.05, 4.69) is 21.2 Å². The van der Waals surface area contributed by atoms with Crippen molar-refractivity contribution < 1.29 is 4.79 Å². The fourth-order valence-corrected chi connectivity index (χ4v) is 3.01. The van der Waals surface area contributed by atoms with Gasteiger partial charge in [-0.2, -0.15) is 0 Å². The largest absolute Gasteiger partial charge is 0.368 e. The summed E-state index contributed by atoms with van der Waals surface area (Å²) in [5.41, 5.74) is 5.76. The number of halogens is 3. The highest BCUT2D eigenvalue weighted by Gasteiger charge is 2.35. The number of hydrogen-bond acceptors (Lipinski definition) is 2. The summed E-state index contributed by atoms with van der Waals surface area (Å²) in [6, 6.07) is 12.4. The van der Waals surface area contributed by atoms with Crippen molar-refractivity contribution in [2.75, 3.05) is 5.32 Å². The van der Waals surface area contributed by atoms with Crippen LogP contribution in [0.15, 0.2) is 46.9 Å². The number of nitrogens with one attached hydrogen (secondary N) is 1. The van der Waals surface area contributed by atoms with Crippen LogP contribution in [0.1, 0.15) is 12.5 Å². The Balaban J connectivity index is 2.48. The number of nitrogens with two attached hydrogens (primary N) is 1. The lowest BCUT2D eigenvalue weighted by atomic mass is 9.90. The third kappa shape index (κ3) is 3.51. The second kappa shape index (κ2) is 6.26. The number of primary amides is 1. The maximum Gasteiger partial charge on any atom is 0.247 e. The molecular weight excluding hydrogens is 375 g/mol. The van der Waals surface area contributed by atoms with Gasteiger partial charge in [0.25, 0.3) is 0 Å². The summed E-state index contributed by atoms with van der Waals surface area (Å²) in [4.78, 5) is 12.0. The predicted octanol–water partition coefficient (Wildman–Crippen LogP) is 4.57. The lowest BCUT2D eigenvalue weighted by Crippen LogP contribution is -2.45. The summed E-state index contributed by atoms with van der Waals surface area (Å²) >= 11 is 15.5. The third-order valence-electron chi connectivity index (χ3n) is 3.18. The molecule has 21 heavy (non-hydrogen) atoms. The van der Waals surface area contributed by atoms with Gasteiger partial charge in [-0.15, -0.1) is 0 Å². The van der Waals surface area contributed by atoms with E-state index in [1.165, 1.54) is 0 Å². The van der Waals surface area contributed by atoms with Gasteiger partial charge in [0.1, 0.15) is 5.54 Å². The monoisotopic (exact) mass is 386 g/mol. The highest BCUT2D eigenvalue weighted by molar-refractivity contribution is 9.10. The van der Waals surface area contributed by atoms with Crippen LogP contribution in [-0.2, 0) is 10.3 Å². The molecule has 110 valence electrons. The molecule has 2 aromatic rings.